The SMILES string of the molecule is O=C(O)c1cccc2c1OCC(=O)N2C(Cc1ccc(Cl)cc1)c1cnc[nH]1. The molecule has 1 aliphatic heterocycles. The fourth-order valence-corrected chi connectivity index (χ4v) is 3.47. The Kier molecular flexibility index (Phi) is 4.75. The summed E-state index contributed by atoms with van der Waals surface area (Å²) in [6.07, 6.45) is 3.69. The Hall–Kier alpha value is -3.32. The molecule has 4 rings (SSSR count). The number of anilines is 1. The van der Waals surface area contributed by atoms with Gasteiger partial charge in [0.15, 0.2) is 12.4 Å². The Morgan fingerprint density at radius 1 is 1.29 bits per heavy atom. The highest BCUT2D eigenvalue weighted by Crippen LogP contribution is 2.40. The number of nitrogens with zero attached hydrogens (tertiary/aromatic N) is 2. The lowest BCUT2D eigenvalue weighted by molar-refractivity contribution is -0.121. The average Bonchev–Trinajstić information content (AvgIpc) is 3.22. The first-order valence-corrected chi connectivity index (χ1v) is 8.96. The Labute approximate surface area is 165 Å². The van der Waals surface area contributed by atoms with E-state index >= 15 is 0 Å². The second-order valence-electron chi connectivity index (χ2n) is 6.36. The van der Waals surface area contributed by atoms with Crippen molar-refractivity contribution in [1.82, 2.24) is 9.97 Å². The summed E-state index contributed by atoms with van der Waals surface area (Å²) in [6, 6.07) is 11.7. The predicted octanol–water partition coefficient (Wildman–Crippen LogP) is 3.47. The predicted molar refractivity (Wildman–Crippen MR) is 103 cm³/mol. The zero-order valence-corrected chi connectivity index (χ0v) is 15.4. The number of aromatic nitrogens is 2. The van der Waals surface area contributed by atoms with Crippen LogP contribution in [0.4, 0.5) is 5.69 Å². The third kappa shape index (κ3) is 3.32. The number of imidazole rings is 1. The van der Waals surface area contributed by atoms with Gasteiger partial charge >= 0.3 is 5.97 Å². The molecule has 0 aliphatic carbocycles. The lowest BCUT2D eigenvalue weighted by Crippen LogP contribution is -2.42. The number of benzene rings is 2. The number of carboxylic acids is 1. The van der Waals surface area contributed by atoms with E-state index in [2.05, 4.69) is 9.97 Å². The molecule has 0 saturated carbocycles. The van der Waals surface area contributed by atoms with E-state index in [0.29, 0.717) is 17.1 Å². The monoisotopic (exact) mass is 397 g/mol. The van der Waals surface area contributed by atoms with E-state index in [4.69, 9.17) is 16.3 Å². The first-order valence-electron chi connectivity index (χ1n) is 8.58. The third-order valence-electron chi connectivity index (χ3n) is 4.63. The maximum atomic E-state index is 12.8. The second kappa shape index (κ2) is 7.36. The van der Waals surface area contributed by atoms with Gasteiger partial charge in [0.2, 0.25) is 0 Å². The number of rotatable bonds is 5. The van der Waals surface area contributed by atoms with E-state index in [1.54, 1.807) is 41.7 Å². The summed E-state index contributed by atoms with van der Waals surface area (Å²) in [7, 11) is 0. The minimum Gasteiger partial charge on any atom is -0.481 e. The zero-order chi connectivity index (χ0) is 19.7. The van der Waals surface area contributed by atoms with Crippen molar-refractivity contribution < 1.29 is 19.4 Å². The fraction of sp³-hybridized carbons (Fsp3) is 0.150. The van der Waals surface area contributed by atoms with Crippen LogP contribution >= 0.6 is 11.6 Å². The first-order chi connectivity index (χ1) is 13.5. The van der Waals surface area contributed by atoms with Crippen LogP contribution in [0.25, 0.3) is 0 Å². The van der Waals surface area contributed by atoms with Crippen molar-refractivity contribution in [2.75, 3.05) is 11.5 Å². The van der Waals surface area contributed by atoms with E-state index < -0.39 is 12.0 Å². The van der Waals surface area contributed by atoms with Crippen LogP contribution in [0.15, 0.2) is 55.0 Å². The molecule has 1 atom stereocenters. The molecule has 2 heterocycles. The van der Waals surface area contributed by atoms with Crippen molar-refractivity contribution in [3.8, 4) is 5.75 Å². The molecule has 1 amide bonds. The minimum absolute atomic E-state index is 0.0184. The van der Waals surface area contributed by atoms with Gasteiger partial charge in [0.05, 0.1) is 29.9 Å². The van der Waals surface area contributed by atoms with Crippen molar-refractivity contribution in [2.45, 2.75) is 12.5 Å². The standard InChI is InChI=1S/C20H16ClN3O4/c21-13-6-4-12(5-7-13)8-17(15-9-22-11-23-15)24-16-3-1-2-14(20(26)27)19(16)28-10-18(24)25/h1-7,9,11,17H,8,10H2,(H,22,23)(H,26,27). The number of carboxylic acid groups (broad SMARTS) is 1. The summed E-state index contributed by atoms with van der Waals surface area (Å²) in [5, 5.41) is 10.1. The maximum Gasteiger partial charge on any atom is 0.339 e. The van der Waals surface area contributed by atoms with Crippen molar-refractivity contribution in [1.29, 1.82) is 0 Å². The smallest absolute Gasteiger partial charge is 0.339 e. The van der Waals surface area contributed by atoms with Gasteiger partial charge in [0, 0.05) is 5.02 Å². The molecule has 0 bridgehead atoms. The number of carbonyl (C=O) groups is 2. The van der Waals surface area contributed by atoms with Crippen molar-refractivity contribution >= 4 is 29.2 Å². The fourth-order valence-electron chi connectivity index (χ4n) is 3.35. The Balaban J connectivity index is 1.80. The molecule has 0 spiro atoms. The molecule has 7 nitrogen and oxygen atoms in total. The van der Waals surface area contributed by atoms with Gasteiger partial charge in [-0.05, 0) is 36.2 Å². The number of fused-ring (bicyclic) bond motifs is 1. The molecule has 0 radical (unpaired) electrons. The highest BCUT2D eigenvalue weighted by Gasteiger charge is 2.35. The van der Waals surface area contributed by atoms with E-state index in [0.717, 1.165) is 11.3 Å². The molecule has 2 N–H and O–H groups in total. The third-order valence-corrected chi connectivity index (χ3v) is 4.88. The highest BCUT2D eigenvalue weighted by atomic mass is 35.5. The van der Waals surface area contributed by atoms with Gasteiger partial charge in [-0.2, -0.15) is 0 Å². The number of carbonyl (C=O) groups excluding carboxylic acids is 1. The number of para-hydroxylation sites is 1. The molecular weight excluding hydrogens is 382 g/mol. The van der Waals surface area contributed by atoms with Crippen molar-refractivity contribution in [3.05, 3.63) is 76.8 Å². The number of ether oxygens (including phenoxy) is 1. The number of nitrogens with one attached hydrogen (secondary N) is 1. The molecule has 28 heavy (non-hydrogen) atoms. The molecule has 0 saturated heterocycles. The topological polar surface area (TPSA) is 95.5 Å². The number of halogens is 1. The summed E-state index contributed by atoms with van der Waals surface area (Å²) in [5.74, 6) is -1.18. The van der Waals surface area contributed by atoms with Crippen LogP contribution in [0.2, 0.25) is 5.02 Å². The van der Waals surface area contributed by atoms with E-state index in [9.17, 15) is 14.7 Å². The average molecular weight is 398 g/mol. The number of hydrogen-bond donors (Lipinski definition) is 2. The van der Waals surface area contributed by atoms with Gasteiger partial charge < -0.3 is 14.8 Å². The summed E-state index contributed by atoms with van der Waals surface area (Å²) in [5.41, 5.74) is 2.14. The molecule has 8 heteroatoms. The number of hydrogen-bond acceptors (Lipinski definition) is 4. The van der Waals surface area contributed by atoms with Crippen LogP contribution in [0, 0.1) is 0 Å². The van der Waals surface area contributed by atoms with Gasteiger partial charge in [-0.1, -0.05) is 29.8 Å². The molecule has 0 fully saturated rings. The van der Waals surface area contributed by atoms with Crippen LogP contribution in [0.5, 0.6) is 5.75 Å². The van der Waals surface area contributed by atoms with E-state index in [1.807, 2.05) is 12.1 Å². The van der Waals surface area contributed by atoms with Crippen molar-refractivity contribution in [2.24, 2.45) is 0 Å². The molecule has 1 unspecified atom stereocenters. The number of aromatic carboxylic acids is 1. The van der Waals surface area contributed by atoms with Crippen molar-refractivity contribution in [3.63, 3.8) is 0 Å². The number of aromatic amines is 1. The Bertz CT molecular complexity index is 1020. The highest BCUT2D eigenvalue weighted by molar-refractivity contribution is 6.30. The lowest BCUT2D eigenvalue weighted by atomic mass is 9.99. The maximum absolute atomic E-state index is 12.8. The summed E-state index contributed by atoms with van der Waals surface area (Å²) in [4.78, 5) is 33.1. The summed E-state index contributed by atoms with van der Waals surface area (Å²) < 4.78 is 5.48. The molecule has 3 aromatic rings. The van der Waals surface area contributed by atoms with Crippen LogP contribution < -0.4 is 9.64 Å². The summed E-state index contributed by atoms with van der Waals surface area (Å²) in [6.45, 7) is -0.234. The van der Waals surface area contributed by atoms with Crippen LogP contribution in [0.3, 0.4) is 0 Å². The quantitative estimate of drug-likeness (QED) is 0.687. The van der Waals surface area contributed by atoms with E-state index in [1.165, 1.54) is 6.07 Å². The van der Waals surface area contributed by atoms with Crippen LogP contribution in [-0.4, -0.2) is 33.6 Å². The molecule has 142 valence electrons. The zero-order valence-electron chi connectivity index (χ0n) is 14.6. The second-order valence-corrected chi connectivity index (χ2v) is 6.80. The molecule has 1 aliphatic rings. The minimum atomic E-state index is -1.11. The van der Waals surface area contributed by atoms with Gasteiger partial charge in [-0.25, -0.2) is 9.78 Å². The normalized spacial score (nSPS) is 14.3. The lowest BCUT2D eigenvalue weighted by Gasteiger charge is -2.36. The molecular formula is C20H16ClN3O4. The largest absolute Gasteiger partial charge is 0.481 e. The van der Waals surface area contributed by atoms with Crippen LogP contribution in [-0.2, 0) is 11.2 Å². The van der Waals surface area contributed by atoms with Gasteiger partial charge in [0.25, 0.3) is 5.91 Å². The molecule has 2 aromatic carbocycles. The summed E-state index contributed by atoms with van der Waals surface area (Å²) >= 11 is 5.98. The Morgan fingerprint density at radius 3 is 2.75 bits per heavy atom. The van der Waals surface area contributed by atoms with Gasteiger partial charge in [-0.15, -0.1) is 0 Å². The van der Waals surface area contributed by atoms with Gasteiger partial charge in [-0.3, -0.25) is 9.69 Å². The molecule has 1 aromatic heterocycles. The number of H-pyrrole nitrogens is 1. The number of amides is 1. The van der Waals surface area contributed by atoms with Crippen LogP contribution in [0.1, 0.15) is 27.7 Å². The Morgan fingerprint density at radius 2 is 2.07 bits per heavy atom. The van der Waals surface area contributed by atoms with Gasteiger partial charge in [0.1, 0.15) is 5.56 Å². The first kappa shape index (κ1) is 18.1. The van der Waals surface area contributed by atoms with E-state index in [-0.39, 0.29) is 23.8 Å².